The van der Waals surface area contributed by atoms with Gasteiger partial charge >= 0.3 is 0 Å². The van der Waals surface area contributed by atoms with Crippen molar-refractivity contribution in [3.63, 3.8) is 0 Å². The summed E-state index contributed by atoms with van der Waals surface area (Å²) in [7, 11) is 0. The van der Waals surface area contributed by atoms with Gasteiger partial charge < -0.3 is 5.32 Å². The Morgan fingerprint density at radius 3 is 3.29 bits per heavy atom. The van der Waals surface area contributed by atoms with E-state index in [0.29, 0.717) is 6.04 Å². The molecule has 1 aromatic rings. The van der Waals surface area contributed by atoms with Crippen molar-refractivity contribution in [2.24, 2.45) is 0 Å². The van der Waals surface area contributed by atoms with Crippen LogP contribution >= 0.6 is 23.3 Å². The van der Waals surface area contributed by atoms with Gasteiger partial charge in [0.2, 0.25) is 0 Å². The first-order chi connectivity index (χ1) is 6.86. The molecule has 0 aliphatic carbocycles. The predicted molar refractivity (Wildman–Crippen MR) is 61.7 cm³/mol. The Hall–Kier alpha value is -0.130. The van der Waals surface area contributed by atoms with Crippen LogP contribution in [0.3, 0.4) is 0 Å². The average Bonchev–Trinajstić information content (AvgIpc) is 2.69. The molecule has 1 N–H and O–H groups in total. The molecule has 5 heteroatoms. The summed E-state index contributed by atoms with van der Waals surface area (Å²) in [6.07, 6.45) is 4.49. The zero-order valence-electron chi connectivity index (χ0n) is 8.27. The third-order valence-electron chi connectivity index (χ3n) is 2.55. The number of hydrogen-bond acceptors (Lipinski definition) is 5. The Labute approximate surface area is 92.8 Å². The summed E-state index contributed by atoms with van der Waals surface area (Å²) >= 11 is 3.56. The van der Waals surface area contributed by atoms with Crippen LogP contribution in [0.5, 0.6) is 0 Å². The zero-order chi connectivity index (χ0) is 9.80. The molecule has 1 aliphatic heterocycles. The van der Waals surface area contributed by atoms with Crippen LogP contribution in [0.25, 0.3) is 0 Å². The largest absolute Gasteiger partial charge is 0.308 e. The highest BCUT2D eigenvalue weighted by atomic mass is 32.2. The molecule has 3 nitrogen and oxygen atoms in total. The lowest BCUT2D eigenvalue weighted by Crippen LogP contribution is -2.38. The number of thioether (sulfide) groups is 1. The average molecular weight is 229 g/mol. The number of nitrogens with zero attached hydrogens (tertiary/aromatic N) is 2. The zero-order valence-corrected chi connectivity index (χ0v) is 9.90. The molecule has 0 radical (unpaired) electrons. The number of rotatable bonds is 3. The van der Waals surface area contributed by atoms with Crippen LogP contribution in [-0.4, -0.2) is 26.6 Å². The summed E-state index contributed by atoms with van der Waals surface area (Å²) in [4.78, 5) is 1.23. The summed E-state index contributed by atoms with van der Waals surface area (Å²) < 4.78 is 3.85. The van der Waals surface area contributed by atoms with Gasteiger partial charge in [-0.3, -0.25) is 0 Å². The minimum absolute atomic E-state index is 0.663. The summed E-state index contributed by atoms with van der Waals surface area (Å²) in [6, 6.07) is 0.663. The molecule has 1 aromatic heterocycles. The van der Waals surface area contributed by atoms with Gasteiger partial charge in [0.25, 0.3) is 0 Å². The highest BCUT2D eigenvalue weighted by molar-refractivity contribution is 7.99. The molecule has 2 unspecified atom stereocenters. The van der Waals surface area contributed by atoms with Crippen LogP contribution in [0.15, 0.2) is 6.20 Å². The molecule has 1 aliphatic rings. The molecule has 0 saturated carbocycles. The Kier molecular flexibility index (Phi) is 3.78. The van der Waals surface area contributed by atoms with E-state index in [2.05, 4.69) is 33.6 Å². The quantitative estimate of drug-likeness (QED) is 0.859. The molecule has 0 aromatic carbocycles. The van der Waals surface area contributed by atoms with E-state index in [4.69, 9.17) is 0 Å². The van der Waals surface area contributed by atoms with E-state index in [1.807, 2.05) is 6.20 Å². The highest BCUT2D eigenvalue weighted by Crippen LogP contribution is 2.25. The van der Waals surface area contributed by atoms with Crippen LogP contribution in [0.2, 0.25) is 0 Å². The van der Waals surface area contributed by atoms with Crippen LogP contribution in [0.4, 0.5) is 0 Å². The standard InChI is InChI=1S/C9H15N3S2/c1-7-9(3-2-4-13-7)10-5-8-6-11-12-14-8/h6-7,9-10H,2-5H2,1H3. The maximum Gasteiger partial charge on any atom is 0.0666 e. The molecular formula is C9H15N3S2. The number of hydrogen-bond donors (Lipinski definition) is 1. The number of aromatic nitrogens is 2. The Balaban J connectivity index is 1.79. The van der Waals surface area contributed by atoms with Gasteiger partial charge in [0, 0.05) is 17.8 Å². The van der Waals surface area contributed by atoms with E-state index in [1.165, 1.54) is 35.0 Å². The summed E-state index contributed by atoms with van der Waals surface area (Å²) in [6.45, 7) is 3.24. The second-order valence-corrected chi connectivity index (χ2v) is 5.94. The van der Waals surface area contributed by atoms with E-state index in [9.17, 15) is 0 Å². The summed E-state index contributed by atoms with van der Waals surface area (Å²) in [5, 5.41) is 8.15. The van der Waals surface area contributed by atoms with Crippen LogP contribution < -0.4 is 5.32 Å². The van der Waals surface area contributed by atoms with Gasteiger partial charge in [0.05, 0.1) is 11.1 Å². The molecule has 78 valence electrons. The van der Waals surface area contributed by atoms with Crippen LogP contribution in [0.1, 0.15) is 24.6 Å². The van der Waals surface area contributed by atoms with Gasteiger partial charge in [-0.1, -0.05) is 11.4 Å². The van der Waals surface area contributed by atoms with E-state index in [-0.39, 0.29) is 0 Å². The lowest BCUT2D eigenvalue weighted by molar-refractivity contribution is 0.464. The first-order valence-corrected chi connectivity index (χ1v) is 6.79. The molecule has 0 spiro atoms. The smallest absolute Gasteiger partial charge is 0.0666 e. The fourth-order valence-corrected chi connectivity index (χ4v) is 3.30. The minimum Gasteiger partial charge on any atom is -0.308 e. The first-order valence-electron chi connectivity index (χ1n) is 4.97. The molecular weight excluding hydrogens is 214 g/mol. The van der Waals surface area contributed by atoms with E-state index in [1.54, 1.807) is 0 Å². The van der Waals surface area contributed by atoms with E-state index in [0.717, 1.165) is 11.8 Å². The lowest BCUT2D eigenvalue weighted by atomic mass is 10.1. The second kappa shape index (κ2) is 5.09. The topological polar surface area (TPSA) is 37.8 Å². The van der Waals surface area contributed by atoms with Crippen molar-refractivity contribution in [1.82, 2.24) is 14.9 Å². The van der Waals surface area contributed by atoms with E-state index >= 15 is 0 Å². The van der Waals surface area contributed by atoms with Gasteiger partial charge in [-0.2, -0.15) is 11.8 Å². The van der Waals surface area contributed by atoms with Crippen molar-refractivity contribution >= 4 is 23.3 Å². The van der Waals surface area contributed by atoms with Crippen molar-refractivity contribution in [3.8, 4) is 0 Å². The highest BCUT2D eigenvalue weighted by Gasteiger charge is 2.20. The SMILES string of the molecule is CC1SCCCC1NCc1cnns1. The summed E-state index contributed by atoms with van der Waals surface area (Å²) in [5.74, 6) is 1.32. The Morgan fingerprint density at radius 1 is 1.64 bits per heavy atom. The third-order valence-corrected chi connectivity index (χ3v) is 4.59. The van der Waals surface area contributed by atoms with Crippen molar-refractivity contribution in [3.05, 3.63) is 11.1 Å². The Bertz CT molecular complexity index is 263. The van der Waals surface area contributed by atoms with Gasteiger partial charge in [0.1, 0.15) is 0 Å². The molecule has 2 atom stereocenters. The Morgan fingerprint density at radius 2 is 2.57 bits per heavy atom. The molecule has 14 heavy (non-hydrogen) atoms. The van der Waals surface area contributed by atoms with Crippen LogP contribution in [0, 0.1) is 0 Å². The normalized spacial score (nSPS) is 27.8. The maximum absolute atomic E-state index is 3.85. The predicted octanol–water partition coefficient (Wildman–Crippen LogP) is 1.91. The fourth-order valence-electron chi connectivity index (χ4n) is 1.69. The third kappa shape index (κ3) is 2.68. The van der Waals surface area contributed by atoms with Crippen molar-refractivity contribution < 1.29 is 0 Å². The van der Waals surface area contributed by atoms with Gasteiger partial charge in [-0.25, -0.2) is 0 Å². The van der Waals surface area contributed by atoms with Gasteiger partial charge in [0.15, 0.2) is 0 Å². The van der Waals surface area contributed by atoms with Crippen molar-refractivity contribution in [1.29, 1.82) is 0 Å². The number of nitrogens with one attached hydrogen (secondary N) is 1. The van der Waals surface area contributed by atoms with Crippen molar-refractivity contribution in [2.45, 2.75) is 37.6 Å². The van der Waals surface area contributed by atoms with Crippen LogP contribution in [-0.2, 0) is 6.54 Å². The molecule has 1 fully saturated rings. The molecule has 2 rings (SSSR count). The van der Waals surface area contributed by atoms with Gasteiger partial charge in [-0.15, -0.1) is 5.10 Å². The second-order valence-electron chi connectivity index (χ2n) is 3.59. The first kappa shape index (κ1) is 10.4. The van der Waals surface area contributed by atoms with Gasteiger partial charge in [-0.05, 0) is 30.1 Å². The molecule has 0 amide bonds. The fraction of sp³-hybridized carbons (Fsp3) is 0.778. The molecule has 1 saturated heterocycles. The molecule has 2 heterocycles. The monoisotopic (exact) mass is 229 g/mol. The maximum atomic E-state index is 3.85. The summed E-state index contributed by atoms with van der Waals surface area (Å²) in [5.41, 5.74) is 0. The minimum atomic E-state index is 0.663. The van der Waals surface area contributed by atoms with E-state index < -0.39 is 0 Å². The molecule has 0 bridgehead atoms. The van der Waals surface area contributed by atoms with Crippen molar-refractivity contribution in [2.75, 3.05) is 5.75 Å². The lowest BCUT2D eigenvalue weighted by Gasteiger charge is -2.28.